The van der Waals surface area contributed by atoms with Gasteiger partial charge in [0.2, 0.25) is 5.78 Å². The van der Waals surface area contributed by atoms with Gasteiger partial charge in [0, 0.05) is 42.0 Å². The zero-order valence-corrected chi connectivity index (χ0v) is 20.6. The lowest BCUT2D eigenvalue weighted by Crippen LogP contribution is -2.52. The van der Waals surface area contributed by atoms with Gasteiger partial charge in [0.05, 0.1) is 46.2 Å². The molecule has 0 radical (unpaired) electrons. The first-order valence-electron chi connectivity index (χ1n) is 13.5. The van der Waals surface area contributed by atoms with Crippen LogP contribution in [0.4, 0.5) is 0 Å². The second-order valence-corrected chi connectivity index (χ2v) is 10.0. The molecule has 0 aromatic heterocycles. The molecule has 1 heterocycles. The number of carbonyl (C=O) groups is 3. The number of nitrogens with two attached hydrogens (primary N) is 1. The quantitative estimate of drug-likeness (QED) is 0.239. The molecule has 6 N–H and O–H groups in total. The fourth-order valence-electron chi connectivity index (χ4n) is 5.57. The molecule has 5 rings (SSSR count). The molecule has 1 fully saturated rings. The van der Waals surface area contributed by atoms with Crippen molar-refractivity contribution in [2.24, 2.45) is 5.73 Å². The number of carbonyl (C=O) groups excluding carboxylic acids is 3. The molecule has 11 heteroatoms. The van der Waals surface area contributed by atoms with Crippen molar-refractivity contribution < 1.29 is 53.1 Å². The second kappa shape index (κ2) is 9.14. The Morgan fingerprint density at radius 1 is 1.18 bits per heavy atom. The number of methoxy groups -OCH3 is 1. The minimum absolute atomic E-state index is 0.00807. The lowest BCUT2D eigenvalue weighted by molar-refractivity contribution is -0.247. The summed E-state index contributed by atoms with van der Waals surface area (Å²) in [6.45, 7) is 2.71. The van der Waals surface area contributed by atoms with Crippen molar-refractivity contribution in [3.8, 4) is 17.2 Å². The molecule has 0 amide bonds. The summed E-state index contributed by atoms with van der Waals surface area (Å²) in [4.78, 5) is 39.9. The van der Waals surface area contributed by atoms with E-state index in [-0.39, 0.29) is 23.1 Å². The molecule has 38 heavy (non-hydrogen) atoms. The number of hydrogen-bond donors (Lipinski definition) is 5. The van der Waals surface area contributed by atoms with Gasteiger partial charge in [-0.3, -0.25) is 14.4 Å². The van der Waals surface area contributed by atoms with Gasteiger partial charge in [-0.1, -0.05) is 12.1 Å². The van der Waals surface area contributed by atoms with Crippen LogP contribution in [0.1, 0.15) is 79.9 Å². The third kappa shape index (κ3) is 3.81. The summed E-state index contributed by atoms with van der Waals surface area (Å²) in [6.07, 6.45) is -5.01. The van der Waals surface area contributed by atoms with Gasteiger partial charge in [0.15, 0.2) is 17.9 Å². The number of phenolic OH excluding ortho intramolecular Hbond substituents is 2. The molecular formula is C27H29NO10. The second-order valence-electron chi connectivity index (χ2n) is 10.0. The standard InChI is InChI=1S/C27H29NO10/c1-10-22(30)14(28)7-17(37-10)38-16-9-27(35,11(2)29)8-13-19(16)26(34)21-20(24(13)32)23(31)12-5-4-6-15(36-3)18(12)25(21)33/h4-6,10,14,16-17,22,30,32,34-35H,7-9,28H2,1-3H3/t10-,14-,16-,17-,22+,27-/m0/s1/i3+1D3. The van der Waals surface area contributed by atoms with Gasteiger partial charge in [-0.15, -0.1) is 0 Å². The van der Waals surface area contributed by atoms with Crippen molar-refractivity contribution in [3.63, 3.8) is 0 Å². The number of benzene rings is 2. The van der Waals surface area contributed by atoms with Crippen molar-refractivity contribution in [2.75, 3.05) is 7.04 Å². The number of hydrogen-bond acceptors (Lipinski definition) is 11. The highest BCUT2D eigenvalue weighted by atomic mass is 16.7. The molecule has 0 spiro atoms. The van der Waals surface area contributed by atoms with Gasteiger partial charge >= 0.3 is 0 Å². The van der Waals surface area contributed by atoms with E-state index in [0.29, 0.717) is 0 Å². The first-order valence-corrected chi connectivity index (χ1v) is 12.0. The first kappa shape index (κ1) is 22.6. The number of ether oxygens (including phenoxy) is 3. The highest BCUT2D eigenvalue weighted by molar-refractivity contribution is 6.31. The predicted molar refractivity (Wildman–Crippen MR) is 130 cm³/mol. The molecule has 6 atom stereocenters. The molecule has 0 bridgehead atoms. The molecule has 1 aliphatic heterocycles. The fraction of sp³-hybridized carbons (Fsp3) is 0.444. The van der Waals surface area contributed by atoms with Crippen LogP contribution < -0.4 is 10.5 Å². The molecule has 202 valence electrons. The van der Waals surface area contributed by atoms with Crippen LogP contribution in [0.15, 0.2) is 18.2 Å². The van der Waals surface area contributed by atoms with E-state index in [1.807, 2.05) is 0 Å². The van der Waals surface area contributed by atoms with E-state index in [9.17, 15) is 34.8 Å². The van der Waals surface area contributed by atoms with Crippen LogP contribution in [0.25, 0.3) is 0 Å². The molecule has 3 aliphatic rings. The average molecular weight is 532 g/mol. The Bertz CT molecular complexity index is 1460. The molecule has 2 aromatic rings. The number of aliphatic hydroxyl groups excluding tert-OH is 1. The van der Waals surface area contributed by atoms with Crippen LogP contribution in [0.3, 0.4) is 0 Å². The molecule has 11 nitrogen and oxygen atoms in total. The fourth-order valence-corrected chi connectivity index (χ4v) is 5.57. The van der Waals surface area contributed by atoms with Crippen molar-refractivity contribution in [1.82, 2.24) is 0 Å². The monoisotopic (exact) mass is 531 g/mol. The predicted octanol–water partition coefficient (Wildman–Crippen LogP) is 1.03. The average Bonchev–Trinajstić information content (AvgIpc) is 2.86. The van der Waals surface area contributed by atoms with E-state index >= 15 is 0 Å². The minimum atomic E-state index is -2.96. The summed E-state index contributed by atoms with van der Waals surface area (Å²) in [5.41, 5.74) is 1.76. The summed E-state index contributed by atoms with van der Waals surface area (Å²) >= 11 is 0. The number of fused-ring (bicyclic) bond motifs is 3. The van der Waals surface area contributed by atoms with E-state index in [0.717, 1.165) is 6.92 Å². The SMILES string of the molecule is [2H][13C]([2H])([2H])Oc1cccc2c1C(=O)c1c(O)c3c(c(O)c1C2=O)C[C@@](O)(C(C)=O)C[C@@H]3O[C@H]1C[C@H](N)[C@H](O)[C@H](C)O1. The maximum Gasteiger partial charge on any atom is 0.202 e. The molecule has 0 unspecified atom stereocenters. The summed E-state index contributed by atoms with van der Waals surface area (Å²) in [6, 6.07) is 3.00. The smallest absolute Gasteiger partial charge is 0.202 e. The van der Waals surface area contributed by atoms with Crippen LogP contribution >= 0.6 is 0 Å². The number of ketones is 3. The van der Waals surface area contributed by atoms with Crippen LogP contribution in [0.2, 0.25) is 0 Å². The van der Waals surface area contributed by atoms with Crippen LogP contribution in [0.5, 0.6) is 17.2 Å². The third-order valence-corrected chi connectivity index (χ3v) is 7.69. The Hall–Kier alpha value is -3.35. The van der Waals surface area contributed by atoms with Crippen molar-refractivity contribution in [1.29, 1.82) is 0 Å². The van der Waals surface area contributed by atoms with E-state index < -0.39 is 107 Å². The topological polar surface area (TPSA) is 186 Å². The maximum absolute atomic E-state index is 13.8. The summed E-state index contributed by atoms with van der Waals surface area (Å²) in [7, 11) is -2.96. The Labute approximate surface area is 222 Å². The molecule has 0 saturated carbocycles. The number of aromatic hydroxyl groups is 2. The highest BCUT2D eigenvalue weighted by Gasteiger charge is 2.49. The van der Waals surface area contributed by atoms with Gasteiger partial charge in [0.1, 0.15) is 22.8 Å². The number of aliphatic hydroxyl groups is 2. The summed E-state index contributed by atoms with van der Waals surface area (Å²) < 4.78 is 39.0. The maximum atomic E-state index is 13.8. The lowest BCUT2D eigenvalue weighted by Gasteiger charge is -2.42. The van der Waals surface area contributed by atoms with E-state index in [1.165, 1.54) is 18.2 Å². The number of phenols is 2. The Morgan fingerprint density at radius 2 is 1.89 bits per heavy atom. The van der Waals surface area contributed by atoms with Crippen LogP contribution in [-0.2, 0) is 20.7 Å². The lowest BCUT2D eigenvalue weighted by atomic mass is 9.72. The first-order chi connectivity index (χ1) is 19.0. The highest BCUT2D eigenvalue weighted by Crippen LogP contribution is 2.52. The Morgan fingerprint density at radius 3 is 2.55 bits per heavy atom. The van der Waals surface area contributed by atoms with Gasteiger partial charge in [-0.2, -0.15) is 0 Å². The van der Waals surface area contributed by atoms with Crippen molar-refractivity contribution in [2.45, 2.75) is 69.4 Å². The van der Waals surface area contributed by atoms with Crippen molar-refractivity contribution in [3.05, 3.63) is 51.6 Å². The van der Waals surface area contributed by atoms with E-state index in [1.54, 1.807) is 6.92 Å². The van der Waals surface area contributed by atoms with E-state index in [2.05, 4.69) is 0 Å². The molecule has 1 saturated heterocycles. The molecule has 2 aliphatic carbocycles. The number of Topliss-reactive ketones (excluding diaryl/α,β-unsaturated/α-hetero) is 1. The zero-order chi connectivity index (χ0) is 30.2. The third-order valence-electron chi connectivity index (χ3n) is 7.69. The van der Waals surface area contributed by atoms with Gasteiger partial charge in [0.25, 0.3) is 0 Å². The van der Waals surface area contributed by atoms with E-state index in [4.69, 9.17) is 24.1 Å². The number of rotatable bonds is 4. The molecule has 2 aromatic carbocycles. The van der Waals surface area contributed by atoms with Gasteiger partial charge < -0.3 is 40.4 Å². The normalized spacial score (nSPS) is 31.8. The van der Waals surface area contributed by atoms with Gasteiger partial charge in [-0.05, 0) is 19.9 Å². The van der Waals surface area contributed by atoms with Crippen molar-refractivity contribution >= 4 is 17.3 Å². The van der Waals surface area contributed by atoms with Crippen LogP contribution in [-0.4, -0.2) is 75.0 Å². The Balaban J connectivity index is 1.68. The Kier molecular flexibility index (Phi) is 5.44. The zero-order valence-electron chi connectivity index (χ0n) is 23.6. The molecular weight excluding hydrogens is 499 g/mol. The van der Waals surface area contributed by atoms with Gasteiger partial charge in [-0.25, -0.2) is 0 Å². The summed E-state index contributed by atoms with van der Waals surface area (Å²) in [5.74, 6) is -4.46. The minimum Gasteiger partial charge on any atom is -0.507 e. The summed E-state index contributed by atoms with van der Waals surface area (Å²) in [5, 5.41) is 44.2. The largest absolute Gasteiger partial charge is 0.507 e. The van der Waals surface area contributed by atoms with Crippen LogP contribution in [0, 0.1) is 0 Å².